The van der Waals surface area contributed by atoms with Crippen LogP contribution in [0.25, 0.3) is 11.3 Å². The molecule has 4 aromatic rings. The first-order valence-corrected chi connectivity index (χ1v) is 18.5. The number of piperazine rings is 1. The largest absolute Gasteiger partial charge is 0.443 e. The summed E-state index contributed by atoms with van der Waals surface area (Å²) in [6.07, 6.45) is -3.38. The van der Waals surface area contributed by atoms with E-state index in [9.17, 15) is 27.6 Å². The van der Waals surface area contributed by atoms with E-state index < -0.39 is 35.2 Å². The fourth-order valence-electron chi connectivity index (χ4n) is 6.98. The van der Waals surface area contributed by atoms with Gasteiger partial charge in [-0.25, -0.2) is 14.7 Å². The minimum absolute atomic E-state index is 0.0720. The van der Waals surface area contributed by atoms with Crippen molar-refractivity contribution in [2.45, 2.75) is 58.9 Å². The summed E-state index contributed by atoms with van der Waals surface area (Å²) in [5.41, 5.74) is 9.01. The van der Waals surface area contributed by atoms with E-state index in [1.807, 2.05) is 16.5 Å². The Kier molecular flexibility index (Phi) is 11.6. The van der Waals surface area contributed by atoms with Gasteiger partial charge >= 0.3 is 12.3 Å². The average Bonchev–Trinajstić information content (AvgIpc) is 3.47. The molecule has 2 aromatic carbocycles. The number of nitrogens with one attached hydrogen (secondary N) is 1. The zero-order valence-corrected chi connectivity index (χ0v) is 32.2. The standard InChI is InChI=1S/C42H46F3N7O4/c1-6-50-16-18-51(19-17-50)26-30-12-13-31(22-34(30)42(43,44)45)48-38(53)21-28-9-7-8-27(20-28)10-11-29-25-47-37(46)24-32(29)36-23-33-35(49(36)5)14-15-52(39(33)54)40(55)56-41(2,3)4/h7-9,12-13,20,22-25H,6,14-19,21,26H2,1-5H3,(H2,46,47)(H,48,53). The average molecular weight is 770 g/mol. The maximum atomic E-state index is 14.1. The van der Waals surface area contributed by atoms with Crippen molar-refractivity contribution in [1.29, 1.82) is 0 Å². The molecule has 0 bridgehead atoms. The van der Waals surface area contributed by atoms with E-state index in [4.69, 9.17) is 10.5 Å². The molecule has 3 N–H and O–H groups in total. The number of halogens is 3. The van der Waals surface area contributed by atoms with Crippen molar-refractivity contribution in [3.63, 3.8) is 0 Å². The summed E-state index contributed by atoms with van der Waals surface area (Å²) in [6.45, 7) is 11.6. The maximum Gasteiger partial charge on any atom is 0.417 e. The fourth-order valence-corrected chi connectivity index (χ4v) is 6.98. The van der Waals surface area contributed by atoms with Crippen molar-refractivity contribution in [3.8, 4) is 23.1 Å². The number of carbonyl (C=O) groups is 3. The number of carbonyl (C=O) groups excluding carboxylic acids is 3. The fraction of sp³-hybridized carbons (Fsp3) is 0.381. The van der Waals surface area contributed by atoms with Crippen LogP contribution in [0.3, 0.4) is 0 Å². The van der Waals surface area contributed by atoms with Gasteiger partial charge in [0.2, 0.25) is 5.91 Å². The van der Waals surface area contributed by atoms with Gasteiger partial charge in [0.05, 0.1) is 28.8 Å². The van der Waals surface area contributed by atoms with Crippen LogP contribution in [0.15, 0.2) is 60.8 Å². The van der Waals surface area contributed by atoms with E-state index in [0.29, 0.717) is 53.0 Å². The lowest BCUT2D eigenvalue weighted by Gasteiger charge is -2.34. The maximum absolute atomic E-state index is 14.1. The van der Waals surface area contributed by atoms with Gasteiger partial charge in [-0.3, -0.25) is 14.5 Å². The number of alkyl halides is 3. The number of nitrogens with zero attached hydrogens (tertiary/aromatic N) is 5. The van der Waals surface area contributed by atoms with Crippen LogP contribution >= 0.6 is 0 Å². The Morgan fingerprint density at radius 2 is 1.68 bits per heavy atom. The normalized spacial score (nSPS) is 15.2. The molecule has 2 aliphatic rings. The van der Waals surface area contributed by atoms with E-state index in [-0.39, 0.29) is 36.6 Å². The number of amides is 3. The molecule has 0 saturated carbocycles. The van der Waals surface area contributed by atoms with E-state index >= 15 is 0 Å². The number of hydrogen-bond acceptors (Lipinski definition) is 8. The van der Waals surface area contributed by atoms with Crippen LogP contribution < -0.4 is 11.1 Å². The van der Waals surface area contributed by atoms with Crippen molar-refractivity contribution in [2.24, 2.45) is 7.05 Å². The molecule has 0 spiro atoms. The molecule has 0 radical (unpaired) electrons. The third-order valence-electron chi connectivity index (χ3n) is 9.86. The Labute approximate surface area is 324 Å². The molecule has 1 fully saturated rings. The Hall–Kier alpha value is -5.65. The number of nitrogen functional groups attached to an aromatic ring is 1. The second-order valence-electron chi connectivity index (χ2n) is 15.0. The van der Waals surface area contributed by atoms with Crippen molar-refractivity contribution >= 4 is 29.4 Å². The number of fused-ring (bicyclic) bond motifs is 1. The number of rotatable bonds is 7. The predicted molar refractivity (Wildman–Crippen MR) is 208 cm³/mol. The van der Waals surface area contributed by atoms with Crippen LogP contribution in [-0.2, 0) is 42.1 Å². The Balaban J connectivity index is 1.17. The summed E-state index contributed by atoms with van der Waals surface area (Å²) in [6, 6.07) is 14.4. The van der Waals surface area contributed by atoms with Crippen LogP contribution in [0.4, 0.5) is 29.5 Å². The minimum Gasteiger partial charge on any atom is -0.443 e. The minimum atomic E-state index is -4.58. The third-order valence-corrected chi connectivity index (χ3v) is 9.86. The molecule has 0 unspecified atom stereocenters. The first-order chi connectivity index (χ1) is 26.5. The Morgan fingerprint density at radius 3 is 2.38 bits per heavy atom. The predicted octanol–water partition coefficient (Wildman–Crippen LogP) is 6.34. The van der Waals surface area contributed by atoms with Crippen LogP contribution in [0.5, 0.6) is 0 Å². The lowest BCUT2D eigenvalue weighted by molar-refractivity contribution is -0.138. The van der Waals surface area contributed by atoms with Crippen molar-refractivity contribution in [1.82, 2.24) is 24.3 Å². The highest BCUT2D eigenvalue weighted by Gasteiger charge is 2.36. The smallest absolute Gasteiger partial charge is 0.417 e. The second kappa shape index (κ2) is 16.2. The third kappa shape index (κ3) is 9.41. The number of likely N-dealkylation sites (N-methyl/N-ethyl adjacent to an activating group) is 1. The van der Waals surface area contributed by atoms with Gasteiger partial charge < -0.3 is 25.3 Å². The molecule has 1 saturated heterocycles. The van der Waals surface area contributed by atoms with Crippen LogP contribution in [0.2, 0.25) is 0 Å². The highest BCUT2D eigenvalue weighted by atomic mass is 19.4. The summed E-state index contributed by atoms with van der Waals surface area (Å²) in [5.74, 6) is 5.59. The van der Waals surface area contributed by atoms with Gasteiger partial charge in [-0.15, -0.1) is 0 Å². The Morgan fingerprint density at radius 1 is 0.946 bits per heavy atom. The van der Waals surface area contributed by atoms with Gasteiger partial charge in [-0.2, -0.15) is 13.2 Å². The van der Waals surface area contributed by atoms with Gasteiger partial charge in [0.25, 0.3) is 5.91 Å². The lowest BCUT2D eigenvalue weighted by Crippen LogP contribution is -2.45. The molecule has 6 rings (SSSR count). The zero-order chi connectivity index (χ0) is 40.4. The number of anilines is 2. The van der Waals surface area contributed by atoms with Crippen molar-refractivity contribution < 1.29 is 32.3 Å². The van der Waals surface area contributed by atoms with Crippen LogP contribution in [-0.4, -0.2) is 87.0 Å². The van der Waals surface area contributed by atoms with Gasteiger partial charge in [-0.1, -0.05) is 37.0 Å². The van der Waals surface area contributed by atoms with Gasteiger partial charge in [0, 0.05) is 81.4 Å². The molecule has 14 heteroatoms. The molecule has 2 aliphatic heterocycles. The zero-order valence-electron chi connectivity index (χ0n) is 32.2. The quantitative estimate of drug-likeness (QED) is 0.209. The molecular formula is C42H46F3N7O4. The molecule has 3 amide bonds. The molecule has 4 heterocycles. The monoisotopic (exact) mass is 769 g/mol. The molecule has 2 aromatic heterocycles. The molecule has 11 nitrogen and oxygen atoms in total. The summed E-state index contributed by atoms with van der Waals surface area (Å²) >= 11 is 0. The highest BCUT2D eigenvalue weighted by molar-refractivity contribution is 6.05. The topological polar surface area (TPSA) is 126 Å². The first kappa shape index (κ1) is 40.0. The molecule has 0 atom stereocenters. The number of hydrogen-bond donors (Lipinski definition) is 2. The van der Waals surface area contributed by atoms with Crippen LogP contribution in [0, 0.1) is 11.8 Å². The Bertz CT molecular complexity index is 2210. The van der Waals surface area contributed by atoms with Crippen molar-refractivity contribution in [2.75, 3.05) is 50.3 Å². The van der Waals surface area contributed by atoms with Crippen LogP contribution in [0.1, 0.15) is 71.6 Å². The highest BCUT2D eigenvalue weighted by Crippen LogP contribution is 2.35. The number of imide groups is 1. The van der Waals surface area contributed by atoms with Gasteiger partial charge in [-0.05, 0) is 74.8 Å². The SMILES string of the molecule is CCN1CCN(Cc2ccc(NC(=O)Cc3cccc(C#Cc4cnc(N)cc4-c4cc5c(n4C)CCN(C(=O)OC(C)(C)C)C5=O)c3)cc2C(F)(F)F)CC1. The first-order valence-electron chi connectivity index (χ1n) is 18.5. The summed E-state index contributed by atoms with van der Waals surface area (Å²) in [5, 5.41) is 2.63. The number of aromatic nitrogens is 2. The van der Waals surface area contributed by atoms with E-state index in [2.05, 4.69) is 34.0 Å². The number of nitrogens with two attached hydrogens (primary N) is 1. The van der Waals surface area contributed by atoms with Gasteiger partial charge in [0.1, 0.15) is 11.4 Å². The molecule has 294 valence electrons. The van der Waals surface area contributed by atoms with E-state index in [1.54, 1.807) is 63.4 Å². The lowest BCUT2D eigenvalue weighted by atomic mass is 10.0. The van der Waals surface area contributed by atoms with E-state index in [0.717, 1.165) is 36.3 Å². The van der Waals surface area contributed by atoms with Gasteiger partial charge in [0.15, 0.2) is 0 Å². The molecule has 0 aliphatic carbocycles. The summed E-state index contributed by atoms with van der Waals surface area (Å²) in [7, 11) is 1.83. The summed E-state index contributed by atoms with van der Waals surface area (Å²) in [4.78, 5) is 48.9. The van der Waals surface area contributed by atoms with Crippen molar-refractivity contribution in [3.05, 3.63) is 99.9 Å². The second-order valence-corrected chi connectivity index (χ2v) is 15.0. The molecular weight excluding hydrogens is 724 g/mol. The molecule has 56 heavy (non-hydrogen) atoms. The number of ether oxygens (including phenoxy) is 1. The number of pyridine rings is 1. The number of benzene rings is 2. The van der Waals surface area contributed by atoms with E-state index in [1.165, 1.54) is 12.1 Å². The summed E-state index contributed by atoms with van der Waals surface area (Å²) < 4.78 is 49.8.